The Morgan fingerprint density at radius 2 is 2.31 bits per heavy atom. The minimum Gasteiger partial charge on any atom is -0.310 e. The Balaban J connectivity index is 2.14. The molecule has 0 aromatic carbocycles. The van der Waals surface area contributed by atoms with Gasteiger partial charge in [0.05, 0.1) is 5.51 Å². The molecule has 0 saturated heterocycles. The van der Waals surface area contributed by atoms with Gasteiger partial charge in [-0.2, -0.15) is 11.3 Å². The van der Waals surface area contributed by atoms with Crippen LogP contribution in [0.3, 0.4) is 0 Å². The van der Waals surface area contributed by atoms with Gasteiger partial charge in [0.15, 0.2) is 0 Å². The van der Waals surface area contributed by atoms with E-state index in [-0.39, 0.29) is 0 Å². The van der Waals surface area contributed by atoms with Gasteiger partial charge in [-0.1, -0.05) is 6.92 Å². The molecular formula is C12H16N2S2. The van der Waals surface area contributed by atoms with Gasteiger partial charge in [-0.15, -0.1) is 11.3 Å². The molecule has 0 saturated carbocycles. The predicted molar refractivity (Wildman–Crippen MR) is 71.3 cm³/mol. The summed E-state index contributed by atoms with van der Waals surface area (Å²) in [5, 5.41) is 8.02. The monoisotopic (exact) mass is 252 g/mol. The summed E-state index contributed by atoms with van der Waals surface area (Å²) in [6.45, 7) is 5.34. The maximum absolute atomic E-state index is 4.13. The molecule has 0 aliphatic carbocycles. The van der Waals surface area contributed by atoms with Gasteiger partial charge in [-0.05, 0) is 35.4 Å². The number of rotatable bonds is 5. The number of thiophene rings is 1. The van der Waals surface area contributed by atoms with E-state index in [0.29, 0.717) is 6.04 Å². The largest absolute Gasteiger partial charge is 0.310 e. The van der Waals surface area contributed by atoms with Gasteiger partial charge in [0, 0.05) is 23.5 Å². The second-order valence-corrected chi connectivity index (χ2v) is 5.51. The van der Waals surface area contributed by atoms with Gasteiger partial charge in [-0.3, -0.25) is 4.98 Å². The van der Waals surface area contributed by atoms with E-state index in [4.69, 9.17) is 0 Å². The zero-order valence-corrected chi connectivity index (χ0v) is 11.2. The molecule has 2 aromatic heterocycles. The lowest BCUT2D eigenvalue weighted by Crippen LogP contribution is -2.22. The number of hydrogen-bond donors (Lipinski definition) is 1. The van der Waals surface area contributed by atoms with Crippen molar-refractivity contribution in [1.29, 1.82) is 0 Å². The van der Waals surface area contributed by atoms with E-state index in [1.165, 1.54) is 16.0 Å². The van der Waals surface area contributed by atoms with Crippen molar-refractivity contribution >= 4 is 22.7 Å². The van der Waals surface area contributed by atoms with Crippen LogP contribution in [0.4, 0.5) is 0 Å². The lowest BCUT2D eigenvalue weighted by molar-refractivity contribution is 0.552. The van der Waals surface area contributed by atoms with Crippen LogP contribution < -0.4 is 5.32 Å². The van der Waals surface area contributed by atoms with E-state index in [9.17, 15) is 0 Å². The first-order chi connectivity index (χ1) is 7.81. The quantitative estimate of drug-likeness (QED) is 0.882. The highest BCUT2D eigenvalue weighted by molar-refractivity contribution is 7.09. The topological polar surface area (TPSA) is 24.9 Å². The van der Waals surface area contributed by atoms with Crippen LogP contribution in [-0.4, -0.2) is 11.5 Å². The fraction of sp³-hybridized carbons (Fsp3) is 0.417. The van der Waals surface area contributed by atoms with Crippen LogP contribution in [0.1, 0.15) is 29.0 Å². The highest BCUT2D eigenvalue weighted by Gasteiger charge is 2.14. The zero-order valence-electron chi connectivity index (χ0n) is 9.56. The first-order valence-electron chi connectivity index (χ1n) is 5.44. The minimum atomic E-state index is 0.427. The SMILES string of the molecule is CCNC(Cc1cncs1)c1cscc1C. The molecule has 0 fully saturated rings. The molecule has 2 nitrogen and oxygen atoms in total. The van der Waals surface area contributed by atoms with Gasteiger partial charge in [-0.25, -0.2) is 0 Å². The van der Waals surface area contributed by atoms with E-state index >= 15 is 0 Å². The molecule has 2 rings (SSSR count). The fourth-order valence-corrected chi connectivity index (χ4v) is 3.36. The summed E-state index contributed by atoms with van der Waals surface area (Å²) in [5.41, 5.74) is 4.72. The first kappa shape index (κ1) is 11.8. The van der Waals surface area contributed by atoms with Gasteiger partial charge in [0.1, 0.15) is 0 Å². The van der Waals surface area contributed by atoms with Gasteiger partial charge in [0.2, 0.25) is 0 Å². The predicted octanol–water partition coefficient (Wildman–Crippen LogP) is 3.41. The number of thiazole rings is 1. The molecule has 0 amide bonds. The van der Waals surface area contributed by atoms with Gasteiger partial charge >= 0.3 is 0 Å². The fourth-order valence-electron chi connectivity index (χ4n) is 1.81. The first-order valence-corrected chi connectivity index (χ1v) is 7.27. The smallest absolute Gasteiger partial charge is 0.0794 e. The lowest BCUT2D eigenvalue weighted by Gasteiger charge is -2.17. The molecule has 0 bridgehead atoms. The number of aryl methyl sites for hydroxylation is 1. The second kappa shape index (κ2) is 5.57. The summed E-state index contributed by atoms with van der Waals surface area (Å²) in [4.78, 5) is 5.48. The molecule has 4 heteroatoms. The molecule has 0 aliphatic heterocycles. The highest BCUT2D eigenvalue weighted by atomic mass is 32.1. The van der Waals surface area contributed by atoms with E-state index in [1.54, 1.807) is 22.7 Å². The Kier molecular flexibility index (Phi) is 4.09. The number of nitrogens with one attached hydrogen (secondary N) is 1. The van der Waals surface area contributed by atoms with Crippen LogP contribution in [0.5, 0.6) is 0 Å². The van der Waals surface area contributed by atoms with Crippen LogP contribution in [-0.2, 0) is 6.42 Å². The van der Waals surface area contributed by atoms with Crippen molar-refractivity contribution in [3.05, 3.63) is 38.5 Å². The van der Waals surface area contributed by atoms with E-state index in [1.807, 2.05) is 11.7 Å². The zero-order chi connectivity index (χ0) is 11.4. The standard InChI is InChI=1S/C12H16N2S2/c1-3-14-12(4-10-5-13-8-16-10)11-7-15-6-9(11)2/h5-8,12,14H,3-4H2,1-2H3. The number of hydrogen-bond acceptors (Lipinski definition) is 4. The van der Waals surface area contributed by atoms with Crippen molar-refractivity contribution in [1.82, 2.24) is 10.3 Å². The summed E-state index contributed by atoms with van der Waals surface area (Å²) in [7, 11) is 0. The summed E-state index contributed by atoms with van der Waals surface area (Å²) >= 11 is 3.51. The average Bonchev–Trinajstić information content (AvgIpc) is 2.88. The lowest BCUT2D eigenvalue weighted by atomic mass is 10.0. The Hall–Kier alpha value is -0.710. The van der Waals surface area contributed by atoms with Gasteiger partial charge < -0.3 is 5.32 Å². The summed E-state index contributed by atoms with van der Waals surface area (Å²) in [6, 6.07) is 0.427. The molecule has 86 valence electrons. The maximum atomic E-state index is 4.13. The molecule has 2 heterocycles. The molecule has 0 radical (unpaired) electrons. The second-order valence-electron chi connectivity index (χ2n) is 3.79. The van der Waals surface area contributed by atoms with Crippen LogP contribution in [0.2, 0.25) is 0 Å². The van der Waals surface area contributed by atoms with Crippen molar-refractivity contribution < 1.29 is 0 Å². The molecule has 1 atom stereocenters. The van der Waals surface area contributed by atoms with Gasteiger partial charge in [0.25, 0.3) is 0 Å². The average molecular weight is 252 g/mol. The number of likely N-dealkylation sites (N-methyl/N-ethyl adjacent to an activating group) is 1. The summed E-state index contributed by atoms with van der Waals surface area (Å²) < 4.78 is 0. The van der Waals surface area contributed by atoms with E-state index in [0.717, 1.165) is 13.0 Å². The molecule has 1 unspecified atom stereocenters. The normalized spacial score (nSPS) is 12.9. The van der Waals surface area contributed by atoms with Crippen molar-refractivity contribution in [2.45, 2.75) is 26.3 Å². The van der Waals surface area contributed by atoms with Crippen molar-refractivity contribution in [3.63, 3.8) is 0 Å². The third kappa shape index (κ3) is 2.70. The summed E-state index contributed by atoms with van der Waals surface area (Å²) in [5.74, 6) is 0. The highest BCUT2D eigenvalue weighted by Crippen LogP contribution is 2.25. The Morgan fingerprint density at radius 1 is 1.44 bits per heavy atom. The van der Waals surface area contributed by atoms with Crippen LogP contribution in [0, 0.1) is 6.92 Å². The maximum Gasteiger partial charge on any atom is 0.0794 e. The third-order valence-corrected chi connectivity index (χ3v) is 4.29. The molecular weight excluding hydrogens is 236 g/mol. The summed E-state index contributed by atoms with van der Waals surface area (Å²) in [6.07, 6.45) is 3.01. The number of nitrogens with zero attached hydrogens (tertiary/aromatic N) is 1. The van der Waals surface area contributed by atoms with E-state index < -0.39 is 0 Å². The minimum absolute atomic E-state index is 0.427. The third-order valence-electron chi connectivity index (χ3n) is 2.61. The van der Waals surface area contributed by atoms with Crippen molar-refractivity contribution in [3.8, 4) is 0 Å². The van der Waals surface area contributed by atoms with Crippen LogP contribution in [0.25, 0.3) is 0 Å². The number of aromatic nitrogens is 1. The molecule has 2 aromatic rings. The molecule has 16 heavy (non-hydrogen) atoms. The molecule has 0 aliphatic rings. The Bertz CT molecular complexity index is 420. The Labute approximate surface area is 104 Å². The van der Waals surface area contributed by atoms with Crippen LogP contribution >= 0.6 is 22.7 Å². The molecule has 1 N–H and O–H groups in total. The Morgan fingerprint density at radius 3 is 2.88 bits per heavy atom. The van der Waals surface area contributed by atoms with Crippen LogP contribution in [0.15, 0.2) is 22.5 Å². The molecule has 0 spiro atoms. The van der Waals surface area contributed by atoms with Crippen molar-refractivity contribution in [2.75, 3.05) is 6.54 Å². The van der Waals surface area contributed by atoms with Crippen molar-refractivity contribution in [2.24, 2.45) is 0 Å². The van der Waals surface area contributed by atoms with E-state index in [2.05, 4.69) is 34.9 Å².